The zero-order chi connectivity index (χ0) is 21.4. The molecule has 0 spiro atoms. The van der Waals surface area contributed by atoms with E-state index in [0.29, 0.717) is 11.3 Å². The minimum absolute atomic E-state index is 0.115. The maximum Gasteiger partial charge on any atom is 0.407 e. The molecule has 10 nitrogen and oxygen atoms in total. The van der Waals surface area contributed by atoms with Crippen molar-refractivity contribution in [3.63, 3.8) is 0 Å². The normalized spacial score (nSPS) is 20.8. The van der Waals surface area contributed by atoms with Crippen LogP contribution in [0.5, 0.6) is 5.75 Å². The highest BCUT2D eigenvalue weighted by Gasteiger charge is 2.49. The number of hydrogen-bond acceptors (Lipinski definition) is 6. The topological polar surface area (TPSA) is 126 Å². The number of ether oxygens (including phenoxy) is 2. The fourth-order valence-corrected chi connectivity index (χ4v) is 3.29. The summed E-state index contributed by atoms with van der Waals surface area (Å²) in [7, 11) is 1.53. The first-order chi connectivity index (χ1) is 13.5. The fraction of sp³-hybridized carbons (Fsp3) is 0.474. The van der Waals surface area contributed by atoms with Crippen LogP contribution in [-0.2, 0) is 16.1 Å². The van der Waals surface area contributed by atoms with Crippen molar-refractivity contribution in [2.24, 2.45) is 0 Å². The minimum atomic E-state index is -1.50. The second-order valence-corrected chi connectivity index (χ2v) is 8.03. The molecule has 2 heterocycles. The van der Waals surface area contributed by atoms with E-state index < -0.39 is 29.2 Å². The lowest BCUT2D eigenvalue weighted by Crippen LogP contribution is -2.61. The van der Waals surface area contributed by atoms with Crippen molar-refractivity contribution < 1.29 is 28.7 Å². The lowest BCUT2D eigenvalue weighted by atomic mass is 9.99. The van der Waals surface area contributed by atoms with E-state index in [0.717, 1.165) is 5.56 Å². The molecule has 156 valence electrons. The highest BCUT2D eigenvalue weighted by atomic mass is 16.6. The molecule has 1 aromatic carbocycles. The van der Waals surface area contributed by atoms with Crippen LogP contribution in [0.2, 0.25) is 0 Å². The molecule has 0 aliphatic carbocycles. The van der Waals surface area contributed by atoms with E-state index in [-0.39, 0.29) is 25.5 Å². The number of fused-ring (bicyclic) bond motifs is 1. The summed E-state index contributed by atoms with van der Waals surface area (Å²) < 4.78 is 10.4. The average Bonchev–Trinajstić information content (AvgIpc) is 3.07. The third kappa shape index (κ3) is 4.25. The van der Waals surface area contributed by atoms with E-state index in [1.54, 1.807) is 39.0 Å². The SMILES string of the molecule is COc1ccc2c(c1)CN(CC1(CNC(=O)OC(C)(C)C)NC(=O)NC1=O)C2=O. The predicted molar refractivity (Wildman–Crippen MR) is 101 cm³/mol. The van der Waals surface area contributed by atoms with Gasteiger partial charge in [0.1, 0.15) is 11.4 Å². The number of methoxy groups -OCH3 is 1. The molecule has 0 radical (unpaired) electrons. The van der Waals surface area contributed by atoms with Crippen molar-refractivity contribution >= 4 is 23.9 Å². The molecule has 3 rings (SSSR count). The summed E-state index contributed by atoms with van der Waals surface area (Å²) in [6, 6.07) is 4.41. The van der Waals surface area contributed by atoms with Crippen molar-refractivity contribution in [3.8, 4) is 5.75 Å². The maximum absolute atomic E-state index is 12.8. The number of amides is 5. The standard InChI is InChI=1S/C19H24N4O6/c1-18(2,3)29-17(27)20-9-19(15(25)21-16(26)22-19)10-23-8-11-7-12(28-4)5-6-13(11)14(23)24/h5-7H,8-10H2,1-4H3,(H,20,27)(H2,21,22,25,26). The Labute approximate surface area is 167 Å². The number of nitrogens with one attached hydrogen (secondary N) is 3. The van der Waals surface area contributed by atoms with Crippen molar-refractivity contribution in [2.75, 3.05) is 20.2 Å². The Morgan fingerprint density at radius 3 is 2.59 bits per heavy atom. The predicted octanol–water partition coefficient (Wildman–Crippen LogP) is 0.754. The summed E-state index contributed by atoms with van der Waals surface area (Å²) in [5.74, 6) is -0.278. The molecule has 5 amide bonds. The van der Waals surface area contributed by atoms with Gasteiger partial charge in [0.15, 0.2) is 5.54 Å². The molecular weight excluding hydrogens is 380 g/mol. The Kier molecular flexibility index (Phi) is 5.12. The summed E-state index contributed by atoms with van der Waals surface area (Å²) in [6.45, 7) is 5.03. The third-order valence-corrected chi connectivity index (χ3v) is 4.60. The Morgan fingerprint density at radius 1 is 1.28 bits per heavy atom. The van der Waals surface area contributed by atoms with Crippen LogP contribution < -0.4 is 20.7 Å². The molecule has 2 aliphatic heterocycles. The van der Waals surface area contributed by atoms with Crippen molar-refractivity contribution in [1.29, 1.82) is 0 Å². The molecule has 0 aromatic heterocycles. The number of imide groups is 1. The summed E-state index contributed by atoms with van der Waals surface area (Å²) in [5.41, 5.74) is -0.958. The number of alkyl carbamates (subject to hydrolysis) is 1. The first-order valence-electron chi connectivity index (χ1n) is 9.10. The molecule has 1 unspecified atom stereocenters. The van der Waals surface area contributed by atoms with Crippen LogP contribution in [0.3, 0.4) is 0 Å². The molecule has 3 N–H and O–H groups in total. The molecule has 1 saturated heterocycles. The second kappa shape index (κ2) is 7.26. The molecule has 10 heteroatoms. The van der Waals surface area contributed by atoms with Gasteiger partial charge in [-0.05, 0) is 44.5 Å². The van der Waals surface area contributed by atoms with Gasteiger partial charge < -0.3 is 25.0 Å². The Bertz CT molecular complexity index is 878. The largest absolute Gasteiger partial charge is 0.497 e. The van der Waals surface area contributed by atoms with E-state index in [2.05, 4.69) is 16.0 Å². The van der Waals surface area contributed by atoms with Crippen LogP contribution in [0.25, 0.3) is 0 Å². The van der Waals surface area contributed by atoms with Crippen LogP contribution >= 0.6 is 0 Å². The number of benzene rings is 1. The molecular formula is C19H24N4O6. The van der Waals surface area contributed by atoms with Crippen LogP contribution in [0.4, 0.5) is 9.59 Å². The summed E-state index contributed by atoms with van der Waals surface area (Å²) in [5, 5.41) is 7.22. The molecule has 1 aromatic rings. The fourth-order valence-electron chi connectivity index (χ4n) is 3.29. The van der Waals surface area contributed by atoms with Gasteiger partial charge in [0.2, 0.25) is 0 Å². The molecule has 29 heavy (non-hydrogen) atoms. The molecule has 2 aliphatic rings. The first-order valence-corrected chi connectivity index (χ1v) is 9.10. The van der Waals surface area contributed by atoms with Gasteiger partial charge in [-0.25, -0.2) is 9.59 Å². The first kappa shape index (κ1) is 20.4. The molecule has 0 bridgehead atoms. The molecule has 0 saturated carbocycles. The van der Waals surface area contributed by atoms with E-state index >= 15 is 0 Å². The smallest absolute Gasteiger partial charge is 0.407 e. The zero-order valence-electron chi connectivity index (χ0n) is 16.8. The van der Waals surface area contributed by atoms with Crippen LogP contribution in [0.1, 0.15) is 36.7 Å². The monoisotopic (exact) mass is 404 g/mol. The van der Waals surface area contributed by atoms with Gasteiger partial charge in [-0.1, -0.05) is 0 Å². The number of nitrogens with zero attached hydrogens (tertiary/aromatic N) is 1. The zero-order valence-corrected chi connectivity index (χ0v) is 16.8. The van der Waals surface area contributed by atoms with E-state index in [9.17, 15) is 19.2 Å². The summed E-state index contributed by atoms with van der Waals surface area (Å²) >= 11 is 0. The quantitative estimate of drug-likeness (QED) is 0.622. The maximum atomic E-state index is 12.8. The average molecular weight is 404 g/mol. The van der Waals surface area contributed by atoms with Gasteiger partial charge in [-0.2, -0.15) is 0 Å². The highest BCUT2D eigenvalue weighted by Crippen LogP contribution is 2.28. The lowest BCUT2D eigenvalue weighted by Gasteiger charge is -2.31. The second-order valence-electron chi connectivity index (χ2n) is 8.03. The number of urea groups is 1. The van der Waals surface area contributed by atoms with Gasteiger partial charge in [0.25, 0.3) is 11.8 Å². The number of carbonyl (C=O) groups is 4. The number of hydrogen-bond donors (Lipinski definition) is 3. The summed E-state index contributed by atoms with van der Waals surface area (Å²) in [4.78, 5) is 50.6. The Morgan fingerprint density at radius 2 is 2.00 bits per heavy atom. The molecule has 1 atom stereocenters. The van der Waals surface area contributed by atoms with Gasteiger partial charge >= 0.3 is 12.1 Å². The van der Waals surface area contributed by atoms with Crippen molar-refractivity contribution in [1.82, 2.24) is 20.9 Å². The number of rotatable bonds is 5. The van der Waals surface area contributed by atoms with Gasteiger partial charge in [-0.15, -0.1) is 0 Å². The third-order valence-electron chi connectivity index (χ3n) is 4.60. The van der Waals surface area contributed by atoms with Gasteiger partial charge in [0.05, 0.1) is 20.2 Å². The van der Waals surface area contributed by atoms with Gasteiger partial charge in [-0.3, -0.25) is 14.9 Å². The Balaban J connectivity index is 1.77. The molecule has 1 fully saturated rings. The van der Waals surface area contributed by atoms with Crippen molar-refractivity contribution in [2.45, 2.75) is 38.5 Å². The summed E-state index contributed by atoms with van der Waals surface area (Å²) in [6.07, 6.45) is -0.730. The number of carbonyl (C=O) groups excluding carboxylic acids is 4. The van der Waals surface area contributed by atoms with E-state index in [1.807, 2.05) is 0 Å². The van der Waals surface area contributed by atoms with Crippen LogP contribution in [-0.4, -0.2) is 60.2 Å². The van der Waals surface area contributed by atoms with E-state index in [1.165, 1.54) is 12.0 Å². The van der Waals surface area contributed by atoms with E-state index in [4.69, 9.17) is 9.47 Å². The lowest BCUT2D eigenvalue weighted by molar-refractivity contribution is -0.124. The van der Waals surface area contributed by atoms with Crippen molar-refractivity contribution in [3.05, 3.63) is 29.3 Å². The Hall–Kier alpha value is -3.30. The highest BCUT2D eigenvalue weighted by molar-refractivity contribution is 6.08. The van der Waals surface area contributed by atoms with Gasteiger partial charge in [0, 0.05) is 12.1 Å². The van der Waals surface area contributed by atoms with Crippen LogP contribution in [0.15, 0.2) is 18.2 Å². The van der Waals surface area contributed by atoms with Crippen LogP contribution in [0, 0.1) is 0 Å². The minimum Gasteiger partial charge on any atom is -0.497 e.